The summed E-state index contributed by atoms with van der Waals surface area (Å²) in [6.45, 7) is 4.95. The first-order valence-corrected chi connectivity index (χ1v) is 43.6. The monoisotopic (exact) mass is 1430 g/mol. The number of hydrogen-bond acceptors (Lipinski definition) is 15. The number of phosphoric ester groups is 2. The molecule has 578 valence electrons. The molecule has 0 spiro atoms. The molecule has 0 aliphatic carbocycles. The Morgan fingerprint density at radius 2 is 0.469 bits per heavy atom. The summed E-state index contributed by atoms with van der Waals surface area (Å²) in [6, 6.07) is 0. The Bertz CT molecular complexity index is 1950. The fourth-order valence-corrected chi connectivity index (χ4v) is 13.3. The third kappa shape index (κ3) is 71.9. The van der Waals surface area contributed by atoms with Gasteiger partial charge in [0.05, 0.1) is 26.4 Å². The number of carbonyl (C=O) groups is 4. The molecular formula is C79H150O17P2. The summed E-state index contributed by atoms with van der Waals surface area (Å²) in [5.74, 6) is -2.13. The molecule has 0 fully saturated rings. The van der Waals surface area contributed by atoms with Gasteiger partial charge in [0.25, 0.3) is 0 Å². The first-order chi connectivity index (χ1) is 47.7. The van der Waals surface area contributed by atoms with Gasteiger partial charge >= 0.3 is 39.5 Å². The van der Waals surface area contributed by atoms with Crippen LogP contribution >= 0.6 is 15.6 Å². The van der Waals surface area contributed by atoms with Gasteiger partial charge in [-0.25, -0.2) is 9.13 Å². The Labute approximate surface area is 599 Å². The molecule has 0 aromatic heterocycles. The Kier molecular flexibility index (Phi) is 71.0. The lowest BCUT2D eigenvalue weighted by Gasteiger charge is -2.21. The number of ether oxygens (including phenoxy) is 4. The fraction of sp³-hybridized carbons (Fsp3) is 0.899. The molecule has 0 bridgehead atoms. The van der Waals surface area contributed by atoms with E-state index in [1.165, 1.54) is 193 Å². The fourth-order valence-electron chi connectivity index (χ4n) is 11.7. The Balaban J connectivity index is 5.29. The smallest absolute Gasteiger partial charge is 0.462 e. The summed E-state index contributed by atoms with van der Waals surface area (Å²) >= 11 is 0. The molecule has 17 nitrogen and oxygen atoms in total. The lowest BCUT2D eigenvalue weighted by molar-refractivity contribution is -0.161. The number of rotatable bonds is 78. The maximum Gasteiger partial charge on any atom is 0.472 e. The predicted molar refractivity (Wildman–Crippen MR) is 400 cm³/mol. The molecule has 0 saturated heterocycles. The third-order valence-electron chi connectivity index (χ3n) is 17.9. The van der Waals surface area contributed by atoms with Gasteiger partial charge in [0.2, 0.25) is 0 Å². The van der Waals surface area contributed by atoms with E-state index >= 15 is 0 Å². The van der Waals surface area contributed by atoms with Gasteiger partial charge in [-0.05, 0) is 77.0 Å². The zero-order valence-corrected chi connectivity index (χ0v) is 65.0. The summed E-state index contributed by atoms with van der Waals surface area (Å²) in [7, 11) is -9.93. The highest BCUT2D eigenvalue weighted by Crippen LogP contribution is 2.45. The van der Waals surface area contributed by atoms with E-state index in [1.54, 1.807) is 0 Å². The van der Waals surface area contributed by atoms with Gasteiger partial charge in [-0.1, -0.05) is 322 Å². The van der Waals surface area contributed by atoms with Gasteiger partial charge in [0.15, 0.2) is 12.2 Å². The van der Waals surface area contributed by atoms with Crippen molar-refractivity contribution in [3.05, 3.63) is 24.3 Å². The molecule has 2 unspecified atom stereocenters. The zero-order valence-electron chi connectivity index (χ0n) is 63.2. The summed E-state index contributed by atoms with van der Waals surface area (Å²) < 4.78 is 68.6. The van der Waals surface area contributed by atoms with Crippen LogP contribution in [-0.4, -0.2) is 96.7 Å². The zero-order chi connectivity index (χ0) is 71.8. The molecule has 5 atom stereocenters. The maximum atomic E-state index is 13.1. The van der Waals surface area contributed by atoms with E-state index in [0.717, 1.165) is 128 Å². The van der Waals surface area contributed by atoms with Gasteiger partial charge in [0, 0.05) is 25.7 Å². The quantitative estimate of drug-likeness (QED) is 0.0169. The average Bonchev–Trinajstić information content (AvgIpc) is 0.959. The maximum absolute atomic E-state index is 13.1. The molecule has 0 amide bonds. The van der Waals surface area contributed by atoms with Crippen molar-refractivity contribution in [3.8, 4) is 0 Å². The second-order valence-electron chi connectivity index (χ2n) is 27.7. The van der Waals surface area contributed by atoms with Crippen molar-refractivity contribution >= 4 is 39.5 Å². The number of hydrogen-bond donors (Lipinski definition) is 3. The molecule has 0 aromatic carbocycles. The number of esters is 4. The number of aliphatic hydroxyl groups is 1. The van der Waals surface area contributed by atoms with Crippen molar-refractivity contribution in [2.24, 2.45) is 0 Å². The van der Waals surface area contributed by atoms with Gasteiger partial charge < -0.3 is 33.8 Å². The van der Waals surface area contributed by atoms with Crippen LogP contribution in [0.1, 0.15) is 400 Å². The number of unbranched alkanes of at least 4 members (excludes halogenated alkanes) is 48. The van der Waals surface area contributed by atoms with E-state index in [2.05, 4.69) is 52.0 Å². The van der Waals surface area contributed by atoms with Crippen LogP contribution in [0, 0.1) is 0 Å². The van der Waals surface area contributed by atoms with Crippen LogP contribution in [0.15, 0.2) is 24.3 Å². The minimum absolute atomic E-state index is 0.0990. The van der Waals surface area contributed by atoms with Crippen molar-refractivity contribution < 1.29 is 80.2 Å². The van der Waals surface area contributed by atoms with E-state index in [-0.39, 0.29) is 25.7 Å². The molecule has 0 radical (unpaired) electrons. The predicted octanol–water partition coefficient (Wildman–Crippen LogP) is 23.3. The van der Waals surface area contributed by atoms with E-state index in [9.17, 15) is 43.2 Å². The Hall–Kier alpha value is -2.46. The van der Waals surface area contributed by atoms with Crippen molar-refractivity contribution in [1.82, 2.24) is 0 Å². The van der Waals surface area contributed by atoms with Crippen LogP contribution in [-0.2, 0) is 65.4 Å². The summed E-state index contributed by atoms with van der Waals surface area (Å²) in [5, 5.41) is 10.6. The van der Waals surface area contributed by atoms with Gasteiger partial charge in [-0.3, -0.25) is 37.3 Å². The van der Waals surface area contributed by atoms with Crippen molar-refractivity contribution in [2.75, 3.05) is 39.6 Å². The number of carbonyl (C=O) groups excluding carboxylic acids is 4. The minimum Gasteiger partial charge on any atom is -0.462 e. The highest BCUT2D eigenvalue weighted by Gasteiger charge is 2.30. The van der Waals surface area contributed by atoms with Crippen LogP contribution in [0.3, 0.4) is 0 Å². The first-order valence-electron chi connectivity index (χ1n) is 40.6. The largest absolute Gasteiger partial charge is 0.472 e. The minimum atomic E-state index is -4.96. The van der Waals surface area contributed by atoms with E-state index in [4.69, 9.17) is 37.0 Å². The number of aliphatic hydroxyl groups excluding tert-OH is 1. The third-order valence-corrected chi connectivity index (χ3v) is 19.8. The summed E-state index contributed by atoms with van der Waals surface area (Å²) in [5.41, 5.74) is 0. The normalized spacial score (nSPS) is 14.0. The van der Waals surface area contributed by atoms with Gasteiger partial charge in [-0.15, -0.1) is 0 Å². The molecule has 98 heavy (non-hydrogen) atoms. The van der Waals surface area contributed by atoms with E-state index in [1.807, 2.05) is 0 Å². The molecule has 0 aliphatic rings. The van der Waals surface area contributed by atoms with Crippen LogP contribution in [0.4, 0.5) is 0 Å². The molecular weight excluding hydrogens is 1280 g/mol. The molecule has 0 aromatic rings. The molecule has 0 aliphatic heterocycles. The molecule has 0 saturated carbocycles. The summed E-state index contributed by atoms with van der Waals surface area (Å²) in [6.07, 6.45) is 67.1. The molecule has 3 N–H and O–H groups in total. The van der Waals surface area contributed by atoms with Crippen molar-refractivity contribution in [2.45, 2.75) is 418 Å². The van der Waals surface area contributed by atoms with Gasteiger partial charge in [-0.2, -0.15) is 0 Å². The summed E-state index contributed by atoms with van der Waals surface area (Å²) in [4.78, 5) is 73.0. The second kappa shape index (κ2) is 72.9. The highest BCUT2D eigenvalue weighted by molar-refractivity contribution is 7.47. The molecule has 19 heteroatoms. The van der Waals surface area contributed by atoms with Crippen LogP contribution in [0.2, 0.25) is 0 Å². The van der Waals surface area contributed by atoms with Crippen molar-refractivity contribution in [1.29, 1.82) is 0 Å². The van der Waals surface area contributed by atoms with Crippen LogP contribution in [0.25, 0.3) is 0 Å². The molecule has 0 rings (SSSR count). The Morgan fingerprint density at radius 1 is 0.276 bits per heavy atom. The number of phosphoric acid groups is 2. The SMILES string of the molecule is CCCCCC/C=C\CCCCCCCCCC(=O)OC[C@H](COP(=O)(O)OC[C@@H](O)COP(=O)(O)OC[C@@H](COC(=O)CCCCCCCCCCCCCCCCC)OC(=O)CCCCCCCCC/C=C\CCCCCC)OC(=O)CCCCCCCCCCCCCCC. The number of allylic oxidation sites excluding steroid dienone is 4. The topological polar surface area (TPSA) is 237 Å². The lowest BCUT2D eigenvalue weighted by Crippen LogP contribution is -2.30. The Morgan fingerprint density at radius 3 is 0.714 bits per heavy atom. The second-order valence-corrected chi connectivity index (χ2v) is 30.6. The molecule has 0 heterocycles. The highest BCUT2D eigenvalue weighted by atomic mass is 31.2. The van der Waals surface area contributed by atoms with Crippen LogP contribution in [0.5, 0.6) is 0 Å². The van der Waals surface area contributed by atoms with Gasteiger partial charge in [0.1, 0.15) is 19.3 Å². The standard InChI is InChI=1S/C79H150O17P2/c1-5-9-13-17-21-25-29-33-36-40-43-47-51-55-59-63-76(81)89-69-74(95-78(83)65-61-57-53-49-45-39-32-28-24-20-16-12-8-4)71-93-97(85,86)91-67-73(80)68-92-98(87,88)94-72-75(96-79(84)66-62-58-54-50-46-42-38-35-31-27-23-19-15-11-7-3)70-90-77(82)64-60-56-52-48-44-41-37-34-30-26-22-18-14-10-6-2/h25,27,29,31,73-75,80H,5-24,26,28,30,32-72H2,1-4H3,(H,85,86)(H,87,88)/b29-25-,31-27-/t73-,74-,75-/m1/s1. The van der Waals surface area contributed by atoms with Crippen molar-refractivity contribution in [3.63, 3.8) is 0 Å². The first kappa shape index (κ1) is 95.5. The average molecular weight is 1430 g/mol. The van der Waals surface area contributed by atoms with E-state index < -0.39 is 97.5 Å². The lowest BCUT2D eigenvalue weighted by atomic mass is 10.0. The van der Waals surface area contributed by atoms with Crippen LogP contribution < -0.4 is 0 Å². The van der Waals surface area contributed by atoms with E-state index in [0.29, 0.717) is 25.7 Å².